The van der Waals surface area contributed by atoms with Gasteiger partial charge in [0.15, 0.2) is 11.5 Å². The molecular formula is C26H19N9O. The maximum Gasteiger partial charge on any atom is 0.227 e. The largest absolute Gasteiger partial charge is 0.335 e. The second-order valence-electron chi connectivity index (χ2n) is 8.80. The molecule has 6 aromatic rings. The Bertz CT molecular complexity index is 1750. The van der Waals surface area contributed by atoms with Gasteiger partial charge in [-0.2, -0.15) is 5.10 Å². The number of rotatable bonds is 5. The van der Waals surface area contributed by atoms with Gasteiger partial charge in [0.25, 0.3) is 0 Å². The fourth-order valence-corrected chi connectivity index (χ4v) is 4.24. The number of imidazole rings is 1. The summed E-state index contributed by atoms with van der Waals surface area (Å²) in [5.41, 5.74) is 7.62. The molecule has 0 aromatic carbocycles. The number of carbonyl (C=O) groups is 1. The highest BCUT2D eigenvalue weighted by Crippen LogP contribution is 2.32. The van der Waals surface area contributed by atoms with Crippen molar-refractivity contribution in [1.29, 1.82) is 0 Å². The Balaban J connectivity index is 1.28. The molecular weight excluding hydrogens is 454 g/mol. The number of H-pyrrole nitrogens is 2. The first-order chi connectivity index (χ1) is 17.7. The maximum absolute atomic E-state index is 12.2. The van der Waals surface area contributed by atoms with Crippen molar-refractivity contribution in [3.8, 4) is 33.9 Å². The minimum Gasteiger partial charge on any atom is -0.335 e. The van der Waals surface area contributed by atoms with E-state index in [0.717, 1.165) is 46.1 Å². The second kappa shape index (κ2) is 8.05. The van der Waals surface area contributed by atoms with Crippen molar-refractivity contribution in [2.24, 2.45) is 5.92 Å². The van der Waals surface area contributed by atoms with Gasteiger partial charge in [0, 0.05) is 47.4 Å². The van der Waals surface area contributed by atoms with Gasteiger partial charge in [0.2, 0.25) is 5.91 Å². The van der Waals surface area contributed by atoms with Crippen molar-refractivity contribution in [2.75, 3.05) is 5.32 Å². The molecule has 6 heterocycles. The number of aromatic amines is 2. The SMILES string of the molecule is O=C(Nc1cncc(-c2ccc3[nH]nc(-c4nc5c(-c6cccnc6)cncc5[nH]4)c3n2)c1)C1CC1. The summed E-state index contributed by atoms with van der Waals surface area (Å²) in [4.78, 5) is 38.1. The van der Waals surface area contributed by atoms with Gasteiger partial charge in [-0.3, -0.25) is 24.8 Å². The van der Waals surface area contributed by atoms with E-state index in [1.54, 1.807) is 37.2 Å². The van der Waals surface area contributed by atoms with Crippen LogP contribution in [0.2, 0.25) is 0 Å². The van der Waals surface area contributed by atoms with E-state index in [-0.39, 0.29) is 11.8 Å². The van der Waals surface area contributed by atoms with Crippen molar-refractivity contribution in [1.82, 2.24) is 40.1 Å². The minimum atomic E-state index is 0.0412. The lowest BCUT2D eigenvalue weighted by molar-refractivity contribution is -0.117. The van der Waals surface area contributed by atoms with Crippen LogP contribution in [0.15, 0.2) is 67.5 Å². The minimum absolute atomic E-state index is 0.0412. The number of nitrogens with zero attached hydrogens (tertiary/aromatic N) is 6. The predicted molar refractivity (Wildman–Crippen MR) is 135 cm³/mol. The van der Waals surface area contributed by atoms with Crippen molar-refractivity contribution < 1.29 is 4.79 Å². The predicted octanol–water partition coefficient (Wildman–Crippen LogP) is 4.37. The lowest BCUT2D eigenvalue weighted by Crippen LogP contribution is -2.13. The molecule has 10 heteroatoms. The number of amides is 1. The average Bonchev–Trinajstić information content (AvgIpc) is 3.55. The van der Waals surface area contributed by atoms with Crippen LogP contribution in [0.5, 0.6) is 0 Å². The van der Waals surface area contributed by atoms with Crippen LogP contribution < -0.4 is 5.32 Å². The second-order valence-corrected chi connectivity index (χ2v) is 8.80. The molecule has 0 bridgehead atoms. The molecule has 10 nitrogen and oxygen atoms in total. The quantitative estimate of drug-likeness (QED) is 0.338. The Morgan fingerprint density at radius 1 is 0.889 bits per heavy atom. The van der Waals surface area contributed by atoms with Gasteiger partial charge in [-0.1, -0.05) is 6.07 Å². The van der Waals surface area contributed by atoms with Crippen LogP contribution in [0, 0.1) is 5.92 Å². The summed E-state index contributed by atoms with van der Waals surface area (Å²) in [6, 6.07) is 9.57. The number of pyridine rings is 4. The van der Waals surface area contributed by atoms with E-state index in [2.05, 4.69) is 35.5 Å². The molecule has 174 valence electrons. The number of nitrogens with one attached hydrogen (secondary N) is 3. The summed E-state index contributed by atoms with van der Waals surface area (Å²) in [7, 11) is 0. The van der Waals surface area contributed by atoms with Gasteiger partial charge < -0.3 is 10.3 Å². The monoisotopic (exact) mass is 473 g/mol. The summed E-state index contributed by atoms with van der Waals surface area (Å²) in [5, 5.41) is 10.5. The number of fused-ring (bicyclic) bond motifs is 2. The first-order valence-electron chi connectivity index (χ1n) is 11.6. The third-order valence-corrected chi connectivity index (χ3v) is 6.25. The van der Waals surface area contributed by atoms with Gasteiger partial charge in [0.1, 0.15) is 11.0 Å². The summed E-state index contributed by atoms with van der Waals surface area (Å²) in [6.45, 7) is 0. The molecule has 1 aliphatic carbocycles. The molecule has 3 N–H and O–H groups in total. The summed E-state index contributed by atoms with van der Waals surface area (Å²) < 4.78 is 0. The Morgan fingerprint density at radius 3 is 2.64 bits per heavy atom. The third-order valence-electron chi connectivity index (χ3n) is 6.25. The Labute approximate surface area is 204 Å². The highest BCUT2D eigenvalue weighted by molar-refractivity contribution is 5.96. The van der Waals surface area contributed by atoms with Gasteiger partial charge in [-0.05, 0) is 37.1 Å². The molecule has 0 aliphatic heterocycles. The molecule has 6 aromatic heterocycles. The molecule has 0 atom stereocenters. The molecule has 0 spiro atoms. The smallest absolute Gasteiger partial charge is 0.227 e. The van der Waals surface area contributed by atoms with E-state index in [1.165, 1.54) is 0 Å². The summed E-state index contributed by atoms with van der Waals surface area (Å²) in [6.07, 6.45) is 12.3. The number of hydrogen-bond acceptors (Lipinski definition) is 7. The zero-order valence-electron chi connectivity index (χ0n) is 18.9. The molecule has 0 saturated heterocycles. The van der Waals surface area contributed by atoms with Gasteiger partial charge in [-0.15, -0.1) is 0 Å². The zero-order chi connectivity index (χ0) is 24.1. The molecule has 1 amide bonds. The summed E-state index contributed by atoms with van der Waals surface area (Å²) in [5.74, 6) is 0.747. The molecule has 1 saturated carbocycles. The molecule has 1 fully saturated rings. The first-order valence-corrected chi connectivity index (χ1v) is 11.6. The summed E-state index contributed by atoms with van der Waals surface area (Å²) >= 11 is 0. The van der Waals surface area contributed by atoms with Gasteiger partial charge in [-0.25, -0.2) is 9.97 Å². The molecule has 36 heavy (non-hydrogen) atoms. The highest BCUT2D eigenvalue weighted by Gasteiger charge is 2.29. The zero-order valence-corrected chi connectivity index (χ0v) is 18.9. The highest BCUT2D eigenvalue weighted by atomic mass is 16.2. The van der Waals surface area contributed by atoms with Crippen LogP contribution in [0.3, 0.4) is 0 Å². The fraction of sp³-hybridized carbons (Fsp3) is 0.115. The van der Waals surface area contributed by atoms with Crippen LogP contribution in [0.1, 0.15) is 12.8 Å². The normalized spacial score (nSPS) is 13.3. The van der Waals surface area contributed by atoms with Crippen LogP contribution in [-0.4, -0.2) is 46.0 Å². The van der Waals surface area contributed by atoms with Crippen LogP contribution in [-0.2, 0) is 4.79 Å². The lowest BCUT2D eigenvalue weighted by atomic mass is 10.1. The van der Waals surface area contributed by atoms with Gasteiger partial charge >= 0.3 is 0 Å². The maximum atomic E-state index is 12.2. The number of hydrogen-bond donors (Lipinski definition) is 3. The molecule has 7 rings (SSSR count). The van der Waals surface area contributed by atoms with E-state index in [9.17, 15) is 4.79 Å². The van der Waals surface area contributed by atoms with Crippen LogP contribution in [0.25, 0.3) is 56.0 Å². The van der Waals surface area contributed by atoms with E-state index in [4.69, 9.17) is 9.97 Å². The number of anilines is 1. The average molecular weight is 474 g/mol. The van der Waals surface area contributed by atoms with Gasteiger partial charge in [0.05, 0.1) is 34.8 Å². The van der Waals surface area contributed by atoms with Crippen molar-refractivity contribution in [2.45, 2.75) is 12.8 Å². The standard InChI is InChI=1S/C26H19N9O/c36-26(14-3-4-14)30-17-8-16(10-28-11-17)19-5-6-20-23(31-19)24(35-34-20)25-32-21-13-29-12-18(22(21)33-25)15-2-1-7-27-9-15/h1-2,5-14H,3-4H2,(H,30,36)(H,32,33)(H,34,35). The van der Waals surface area contributed by atoms with Crippen molar-refractivity contribution in [3.63, 3.8) is 0 Å². The van der Waals surface area contributed by atoms with E-state index in [0.29, 0.717) is 28.4 Å². The topological polar surface area (TPSA) is 138 Å². The van der Waals surface area contributed by atoms with E-state index in [1.807, 2.05) is 30.3 Å². The fourth-order valence-electron chi connectivity index (χ4n) is 4.24. The molecule has 0 unspecified atom stereocenters. The Kier molecular flexibility index (Phi) is 4.56. The molecule has 1 aliphatic rings. The Morgan fingerprint density at radius 2 is 1.78 bits per heavy atom. The Hall–Kier alpha value is -4.99. The molecule has 0 radical (unpaired) electrons. The van der Waals surface area contributed by atoms with Crippen LogP contribution >= 0.6 is 0 Å². The van der Waals surface area contributed by atoms with Crippen molar-refractivity contribution in [3.05, 3.63) is 67.5 Å². The van der Waals surface area contributed by atoms with Crippen LogP contribution in [0.4, 0.5) is 5.69 Å². The van der Waals surface area contributed by atoms with E-state index < -0.39 is 0 Å². The van der Waals surface area contributed by atoms with E-state index >= 15 is 0 Å². The van der Waals surface area contributed by atoms with Crippen molar-refractivity contribution >= 4 is 33.7 Å². The lowest BCUT2D eigenvalue weighted by Gasteiger charge is -2.06. The third kappa shape index (κ3) is 3.56. The number of aromatic nitrogens is 8. The first kappa shape index (κ1) is 20.4. The number of carbonyl (C=O) groups excluding carboxylic acids is 1.